The molecule has 5 aromatic rings. The number of likely N-dealkylation sites (tertiary alicyclic amines) is 1. The molecule has 3 aromatic carbocycles. The number of nitro benzene ring substituents is 1. The van der Waals surface area contributed by atoms with Crippen LogP contribution in [0.25, 0.3) is 11.0 Å². The summed E-state index contributed by atoms with van der Waals surface area (Å²) in [4.78, 5) is 37.1. The zero-order chi connectivity index (χ0) is 49.8. The van der Waals surface area contributed by atoms with Crippen molar-refractivity contribution in [2.24, 2.45) is 11.3 Å². The van der Waals surface area contributed by atoms with E-state index in [0.29, 0.717) is 61.4 Å². The van der Waals surface area contributed by atoms with E-state index in [1.807, 2.05) is 4.72 Å². The number of carbonyl (C=O) groups is 1. The second kappa shape index (κ2) is 19.2. The van der Waals surface area contributed by atoms with Crippen LogP contribution in [0.5, 0.6) is 28.9 Å². The zero-order valence-electron chi connectivity index (χ0n) is 40.1. The fraction of sp³-hybridized carbons (Fsp3) is 0.500. The minimum absolute atomic E-state index is 0.00613. The number of nitrogens with one attached hydrogen (secondary N) is 2. The predicted octanol–water partition coefficient (Wildman–Crippen LogP) is 10.2. The molecule has 0 bridgehead atoms. The summed E-state index contributed by atoms with van der Waals surface area (Å²) >= 11 is 0. The number of hydrogen-bond donors (Lipinski definition) is 3. The molecule has 2 saturated heterocycles. The SMILES string of the molecule is CC(C)c1ccccc1[C@H]1CCCN1C1CC2(CCN(c3ccc(C(=O)NS(=O)(=O)c4cc5c(c([N+](=O)[O-])c4)O[C@H](C[C@H]4CC[C@](C)(O)CC4)CO5)c(Oc4cc5cc[nH]c5nc4OC(F)F)c3)CC2)C1. The van der Waals surface area contributed by atoms with Crippen molar-refractivity contribution in [2.45, 2.75) is 133 Å². The number of aromatic amines is 1. The minimum atomic E-state index is -4.83. The number of ether oxygens (including phenoxy) is 4. The van der Waals surface area contributed by atoms with Crippen molar-refractivity contribution in [2.75, 3.05) is 31.1 Å². The quantitative estimate of drug-likeness (QED) is 0.0702. The van der Waals surface area contributed by atoms with E-state index in [2.05, 4.69) is 57.9 Å². The normalized spacial score (nSPS) is 23.5. The number of nitro groups is 1. The Morgan fingerprint density at radius 1 is 1.01 bits per heavy atom. The molecule has 5 heterocycles. The first-order valence-corrected chi connectivity index (χ1v) is 26.2. The highest BCUT2D eigenvalue weighted by Gasteiger charge is 2.50. The van der Waals surface area contributed by atoms with Crippen LogP contribution >= 0.6 is 0 Å². The molecule has 2 saturated carbocycles. The number of nitrogens with zero attached hydrogens (tertiary/aromatic N) is 4. The van der Waals surface area contributed by atoms with E-state index in [4.69, 9.17) is 18.9 Å². The van der Waals surface area contributed by atoms with E-state index in [-0.39, 0.29) is 52.1 Å². The lowest BCUT2D eigenvalue weighted by atomic mass is 9.59. The van der Waals surface area contributed by atoms with Crippen LogP contribution in [-0.2, 0) is 10.0 Å². The summed E-state index contributed by atoms with van der Waals surface area (Å²) in [5.74, 6) is -1.87. The smallest absolute Gasteiger partial charge is 0.388 e. The first-order valence-electron chi connectivity index (χ1n) is 24.7. The molecule has 2 aromatic heterocycles. The molecule has 71 heavy (non-hydrogen) atoms. The standard InChI is InChI=1S/C52H60F2N6O10S/c1-31(2)38-7-4-5-8-39(38)41-9-6-20-59(41)35-28-52(29-35)17-21-58(22-18-52)34-10-11-40(43(25-34)69-45-24-33-14-19-55-47(33)56-49(45)70-50(53)54)48(61)57-71(65,66)37-26-42(60(63)64)46-44(27-37)67-30-36(68-46)23-32-12-15-51(3,62)16-13-32/h4-5,7-8,10-11,14,19,24-27,31-32,35-36,41,50,62H,6,9,12-13,15-18,20-23,28-30H2,1-3H3,(H,55,56)(H,57,61)/t32-,36-,41-,51-/m1/s1. The highest BCUT2D eigenvalue weighted by Crippen LogP contribution is 2.55. The van der Waals surface area contributed by atoms with Gasteiger partial charge in [-0.3, -0.25) is 19.8 Å². The van der Waals surface area contributed by atoms with Crippen LogP contribution in [0.1, 0.15) is 125 Å². The van der Waals surface area contributed by atoms with Gasteiger partial charge in [0.1, 0.15) is 24.1 Å². The number of sulfonamides is 1. The maximum atomic E-state index is 14.2. The average molecular weight is 999 g/mol. The van der Waals surface area contributed by atoms with Gasteiger partial charge in [0.2, 0.25) is 5.75 Å². The topological polar surface area (TPSA) is 199 Å². The second-order valence-corrected chi connectivity index (χ2v) is 22.5. The minimum Gasteiger partial charge on any atom is -0.486 e. The number of rotatable bonds is 14. The van der Waals surface area contributed by atoms with Gasteiger partial charge < -0.3 is 33.9 Å². The van der Waals surface area contributed by atoms with Crippen LogP contribution in [0.15, 0.2) is 77.8 Å². The van der Waals surface area contributed by atoms with Crippen LogP contribution in [0.2, 0.25) is 0 Å². The number of halogens is 2. The van der Waals surface area contributed by atoms with Gasteiger partial charge in [-0.25, -0.2) is 13.1 Å². The van der Waals surface area contributed by atoms with Crippen LogP contribution in [0, 0.1) is 21.4 Å². The Morgan fingerprint density at radius 3 is 2.51 bits per heavy atom. The number of anilines is 1. The molecule has 5 aliphatic rings. The number of pyridine rings is 1. The van der Waals surface area contributed by atoms with E-state index in [9.17, 15) is 37.2 Å². The van der Waals surface area contributed by atoms with Crippen LogP contribution < -0.4 is 28.6 Å². The summed E-state index contributed by atoms with van der Waals surface area (Å²) in [5.41, 5.74) is 2.31. The van der Waals surface area contributed by atoms with Gasteiger partial charge in [0.25, 0.3) is 21.8 Å². The molecule has 3 N–H and O–H groups in total. The average Bonchev–Trinajstić information content (AvgIpc) is 4.01. The summed E-state index contributed by atoms with van der Waals surface area (Å²) in [6, 6.07) is 19.4. The third kappa shape index (κ3) is 10.1. The fourth-order valence-corrected chi connectivity index (χ4v) is 12.7. The first-order chi connectivity index (χ1) is 33.9. The third-order valence-corrected chi connectivity index (χ3v) is 16.9. The highest BCUT2D eigenvalue weighted by atomic mass is 32.2. The largest absolute Gasteiger partial charge is 0.486 e. The van der Waals surface area contributed by atoms with E-state index in [0.717, 1.165) is 63.6 Å². The highest BCUT2D eigenvalue weighted by molar-refractivity contribution is 7.90. The van der Waals surface area contributed by atoms with Crippen molar-refractivity contribution in [1.82, 2.24) is 19.6 Å². The van der Waals surface area contributed by atoms with Crippen LogP contribution in [-0.4, -0.2) is 89.8 Å². The number of hydrogen-bond acceptors (Lipinski definition) is 13. The van der Waals surface area contributed by atoms with E-state index < -0.39 is 55.6 Å². The van der Waals surface area contributed by atoms with Gasteiger partial charge in [-0.2, -0.15) is 13.8 Å². The Morgan fingerprint density at radius 2 is 1.77 bits per heavy atom. The third-order valence-electron chi connectivity index (χ3n) is 15.6. The van der Waals surface area contributed by atoms with Gasteiger partial charge in [-0.1, -0.05) is 38.1 Å². The molecule has 1 spiro atoms. The number of H-pyrrole nitrogens is 1. The number of amides is 1. The molecule has 0 radical (unpaired) electrons. The Hall–Kier alpha value is -6.05. The van der Waals surface area contributed by atoms with Gasteiger partial charge in [0.05, 0.1) is 21.0 Å². The molecule has 4 fully saturated rings. The lowest BCUT2D eigenvalue weighted by Crippen LogP contribution is -2.54. The summed E-state index contributed by atoms with van der Waals surface area (Å²) < 4.78 is 80.6. The molecule has 16 nitrogen and oxygen atoms in total. The first kappa shape index (κ1) is 48.6. The van der Waals surface area contributed by atoms with Gasteiger partial charge >= 0.3 is 12.3 Å². The fourth-order valence-electron chi connectivity index (χ4n) is 11.7. The summed E-state index contributed by atoms with van der Waals surface area (Å²) in [6.07, 6.45) is 10.8. The van der Waals surface area contributed by atoms with Crippen molar-refractivity contribution < 1.29 is 51.0 Å². The van der Waals surface area contributed by atoms with Crippen LogP contribution in [0.4, 0.5) is 20.2 Å². The maximum Gasteiger partial charge on any atom is 0.388 e. The van der Waals surface area contributed by atoms with Crippen molar-refractivity contribution in [3.05, 3.63) is 99.7 Å². The number of carbonyl (C=O) groups excluding carboxylic acids is 1. The molecule has 0 unspecified atom stereocenters. The zero-order valence-corrected chi connectivity index (χ0v) is 40.9. The lowest BCUT2D eigenvalue weighted by Gasteiger charge is -2.56. The second-order valence-electron chi connectivity index (χ2n) is 20.8. The maximum absolute atomic E-state index is 14.2. The Bertz CT molecular complexity index is 2920. The van der Waals surface area contributed by atoms with Gasteiger partial charge in [-0.15, -0.1) is 0 Å². The van der Waals surface area contributed by atoms with Crippen molar-refractivity contribution in [3.63, 3.8) is 0 Å². The molecular formula is C52H60F2N6O10S. The van der Waals surface area contributed by atoms with Crippen molar-refractivity contribution >= 4 is 38.3 Å². The molecular weight excluding hydrogens is 939 g/mol. The lowest BCUT2D eigenvalue weighted by molar-refractivity contribution is -0.386. The Labute approximate surface area is 411 Å². The van der Waals surface area contributed by atoms with E-state index in [1.165, 1.54) is 29.7 Å². The Balaban J connectivity index is 0.878. The number of benzene rings is 3. The Kier molecular flexibility index (Phi) is 13.1. The number of alkyl halides is 2. The molecule has 2 atom stereocenters. The predicted molar refractivity (Wildman–Crippen MR) is 260 cm³/mol. The van der Waals surface area contributed by atoms with Gasteiger partial charge in [-0.05, 0) is 137 Å². The molecule has 10 rings (SSSR count). The van der Waals surface area contributed by atoms with E-state index in [1.54, 1.807) is 31.3 Å². The monoisotopic (exact) mass is 998 g/mol. The number of aromatic nitrogens is 2. The van der Waals surface area contributed by atoms with E-state index >= 15 is 0 Å². The number of piperidine rings is 1. The summed E-state index contributed by atoms with van der Waals surface area (Å²) in [6.45, 7) is 5.55. The van der Waals surface area contributed by atoms with Crippen LogP contribution in [0.3, 0.4) is 0 Å². The molecule has 2 aliphatic carbocycles. The number of fused-ring (bicyclic) bond motifs is 2. The molecule has 378 valence electrons. The van der Waals surface area contributed by atoms with Crippen molar-refractivity contribution in [1.29, 1.82) is 0 Å². The molecule has 19 heteroatoms. The van der Waals surface area contributed by atoms with Crippen molar-refractivity contribution in [3.8, 4) is 28.9 Å². The number of aliphatic hydroxyl groups is 1. The summed E-state index contributed by atoms with van der Waals surface area (Å²) in [7, 11) is -4.83. The molecule has 1 amide bonds. The van der Waals surface area contributed by atoms with Gasteiger partial charge in [0, 0.05) is 60.6 Å². The molecule has 3 aliphatic heterocycles. The van der Waals surface area contributed by atoms with Gasteiger partial charge in [0.15, 0.2) is 11.5 Å². The summed E-state index contributed by atoms with van der Waals surface area (Å²) in [5, 5.41) is 23.3.